The van der Waals surface area contributed by atoms with E-state index in [0.717, 1.165) is 17.0 Å². The lowest BCUT2D eigenvalue weighted by atomic mass is 10.0. The Morgan fingerprint density at radius 3 is 2.35 bits per heavy atom. The van der Waals surface area contributed by atoms with Crippen LogP contribution in [-0.2, 0) is 13.2 Å². The molecule has 4 fully saturated rings. The van der Waals surface area contributed by atoms with Gasteiger partial charge in [-0.3, -0.25) is 14.3 Å². The first-order chi connectivity index (χ1) is 23.1. The lowest BCUT2D eigenvalue weighted by Crippen LogP contribution is -2.49. The highest BCUT2D eigenvalue weighted by Gasteiger charge is 2.59. The monoisotopic (exact) mass is 711 g/mol. The average molecular weight is 712 g/mol. The first kappa shape index (κ1) is 33.2. The molecule has 19 heteroatoms. The second-order valence-corrected chi connectivity index (χ2v) is 13.3. The van der Waals surface area contributed by atoms with Gasteiger partial charge in [0.1, 0.15) is 6.04 Å². The van der Waals surface area contributed by atoms with Gasteiger partial charge in [-0.15, -0.1) is 0 Å². The number of hydrogen-bond donors (Lipinski definition) is 4. The number of fused-ring (bicyclic) bond motifs is 1. The van der Waals surface area contributed by atoms with Crippen LogP contribution < -0.4 is 16.0 Å². The summed E-state index contributed by atoms with van der Waals surface area (Å²) in [5, 5.41) is 21.9. The van der Waals surface area contributed by atoms with Crippen LogP contribution in [0.25, 0.3) is 11.3 Å². The number of carbonyl (C=O) groups is 3. The maximum atomic E-state index is 13.8. The van der Waals surface area contributed by atoms with Crippen molar-refractivity contribution in [3.63, 3.8) is 0 Å². The molecule has 262 valence electrons. The highest BCUT2D eigenvalue weighted by atomic mass is 35.5. The molecule has 1 aliphatic carbocycles. The van der Waals surface area contributed by atoms with Crippen molar-refractivity contribution in [2.75, 3.05) is 44.6 Å². The molecule has 0 spiro atoms. The fourth-order valence-electron chi connectivity index (χ4n) is 6.82. The summed E-state index contributed by atoms with van der Waals surface area (Å²) in [7, 11) is 1.31. The van der Waals surface area contributed by atoms with Gasteiger partial charge in [0.2, 0.25) is 0 Å². The number of anilines is 1. The van der Waals surface area contributed by atoms with Crippen molar-refractivity contribution in [2.24, 2.45) is 18.9 Å². The standard InChI is InChI=1S/C30H31ClF5N9O4/c1-42-21(18-13-45(23-5-29(23,32)33)41-24(18)30(34,35)36)7-38-25(42)26(47)39-16-2-3-17(19(31)4-16)27(48)43-9-14-11-44(12-15(14)10-43)28(49)40-20-6-37-8-22(20)46/h2-4,7,13-15,20,22-23,37,46H,5-6,8-12H2,1H3,(H,39,47)(H,40,49)/t14-,15+,20-,22-,23?/m0/s1. The number of carbonyl (C=O) groups excluding carboxylic acids is 3. The lowest BCUT2D eigenvalue weighted by molar-refractivity contribution is -0.141. The van der Waals surface area contributed by atoms with E-state index in [1.54, 1.807) is 9.80 Å². The van der Waals surface area contributed by atoms with E-state index in [0.29, 0.717) is 44.0 Å². The number of aromatic nitrogens is 4. The van der Waals surface area contributed by atoms with Crippen molar-refractivity contribution in [3.05, 3.63) is 52.7 Å². The van der Waals surface area contributed by atoms with Crippen molar-refractivity contribution < 1.29 is 41.4 Å². The largest absolute Gasteiger partial charge is 0.435 e. The molecule has 4 N–H and O–H groups in total. The number of likely N-dealkylation sites (tertiary alicyclic amines) is 2. The van der Waals surface area contributed by atoms with Gasteiger partial charge in [0.25, 0.3) is 17.7 Å². The van der Waals surface area contributed by atoms with Gasteiger partial charge in [-0.2, -0.15) is 18.3 Å². The minimum absolute atomic E-state index is 0.0595. The summed E-state index contributed by atoms with van der Waals surface area (Å²) in [5.74, 6) is -4.37. The molecule has 4 aliphatic rings. The fourth-order valence-corrected chi connectivity index (χ4v) is 7.08. The zero-order valence-corrected chi connectivity index (χ0v) is 26.6. The SMILES string of the molecule is Cn1c(-c2cn(C3CC3(F)F)nc2C(F)(F)F)cnc1C(=O)Nc1ccc(C(=O)N2C[C@H]3CN(C(=O)N[C@H]4CNC[C@@H]4O)C[C@H]3C2)c(Cl)c1. The van der Waals surface area contributed by atoms with Gasteiger partial charge in [0.15, 0.2) is 11.5 Å². The topological polar surface area (TPSA) is 150 Å². The molecular weight excluding hydrogens is 681 g/mol. The highest BCUT2D eigenvalue weighted by molar-refractivity contribution is 6.34. The Labute approximate surface area is 280 Å². The molecule has 7 rings (SSSR count). The summed E-state index contributed by atoms with van der Waals surface area (Å²) in [6, 6.07) is 2.20. The number of β-amino-alcohol motifs (C(OH)–C–C–N with tert-alkyl or cyclic N) is 1. The van der Waals surface area contributed by atoms with Crippen molar-refractivity contribution in [1.82, 2.24) is 39.8 Å². The van der Waals surface area contributed by atoms with Crippen LogP contribution in [0.4, 0.5) is 32.4 Å². The van der Waals surface area contributed by atoms with Crippen LogP contribution in [0.3, 0.4) is 0 Å². The van der Waals surface area contributed by atoms with Gasteiger partial charge in [0.05, 0.1) is 40.2 Å². The number of benzene rings is 1. The molecule has 5 heterocycles. The van der Waals surface area contributed by atoms with Crippen molar-refractivity contribution in [2.45, 2.75) is 36.7 Å². The maximum Gasteiger partial charge on any atom is 0.435 e. The first-order valence-corrected chi connectivity index (χ1v) is 15.9. The Hall–Kier alpha value is -4.29. The van der Waals surface area contributed by atoms with Gasteiger partial charge in [-0.1, -0.05) is 11.6 Å². The Balaban J connectivity index is 0.987. The van der Waals surface area contributed by atoms with E-state index in [1.807, 2.05) is 0 Å². The Kier molecular flexibility index (Phi) is 8.10. The predicted molar refractivity (Wildman–Crippen MR) is 163 cm³/mol. The number of rotatable bonds is 6. The quantitative estimate of drug-likeness (QED) is 0.288. The second kappa shape index (κ2) is 11.9. The van der Waals surface area contributed by atoms with E-state index in [4.69, 9.17) is 11.6 Å². The number of aliphatic hydroxyl groups is 1. The Bertz CT molecular complexity index is 1820. The Morgan fingerprint density at radius 1 is 1.08 bits per heavy atom. The van der Waals surface area contributed by atoms with Crippen LogP contribution in [0.5, 0.6) is 0 Å². The molecule has 1 saturated carbocycles. The normalized spacial score (nSPS) is 25.8. The Morgan fingerprint density at radius 2 is 1.76 bits per heavy atom. The van der Waals surface area contributed by atoms with Crippen LogP contribution >= 0.6 is 11.6 Å². The molecule has 0 radical (unpaired) electrons. The summed E-state index contributed by atoms with van der Waals surface area (Å²) in [6.45, 7) is 2.72. The number of nitrogens with zero attached hydrogens (tertiary/aromatic N) is 6. The third-order valence-electron chi connectivity index (χ3n) is 9.59. The van der Waals surface area contributed by atoms with Crippen molar-refractivity contribution in [1.29, 1.82) is 0 Å². The van der Waals surface area contributed by atoms with Crippen LogP contribution in [0.1, 0.15) is 39.1 Å². The third-order valence-corrected chi connectivity index (χ3v) is 9.90. The zero-order valence-electron chi connectivity index (χ0n) is 25.8. The summed E-state index contributed by atoms with van der Waals surface area (Å²) >= 11 is 6.46. The van der Waals surface area contributed by atoms with Crippen molar-refractivity contribution in [3.8, 4) is 11.3 Å². The molecule has 4 amide bonds. The predicted octanol–water partition coefficient (Wildman–Crippen LogP) is 2.83. The van der Waals surface area contributed by atoms with E-state index in [9.17, 15) is 41.4 Å². The molecule has 1 unspecified atom stereocenters. The number of halogens is 6. The van der Waals surface area contributed by atoms with E-state index in [1.165, 1.54) is 25.2 Å². The molecule has 5 atom stereocenters. The summed E-state index contributed by atoms with van der Waals surface area (Å²) in [4.78, 5) is 46.5. The van der Waals surface area contributed by atoms with Crippen LogP contribution in [0.2, 0.25) is 5.02 Å². The summed E-state index contributed by atoms with van der Waals surface area (Å²) in [5.41, 5.74) is -1.64. The van der Waals surface area contributed by atoms with E-state index < -0.39 is 47.8 Å². The van der Waals surface area contributed by atoms with Gasteiger partial charge < -0.3 is 35.4 Å². The summed E-state index contributed by atoms with van der Waals surface area (Å²) < 4.78 is 70.2. The first-order valence-electron chi connectivity index (χ1n) is 15.5. The molecule has 3 aliphatic heterocycles. The zero-order chi connectivity index (χ0) is 35.0. The molecule has 49 heavy (non-hydrogen) atoms. The smallest absolute Gasteiger partial charge is 0.390 e. The van der Waals surface area contributed by atoms with E-state index >= 15 is 0 Å². The third kappa shape index (κ3) is 6.20. The number of hydrogen-bond acceptors (Lipinski definition) is 7. The number of amides is 4. The van der Waals surface area contributed by atoms with Crippen LogP contribution in [-0.4, -0.2) is 109 Å². The molecule has 0 bridgehead atoms. The van der Waals surface area contributed by atoms with E-state index in [2.05, 4.69) is 26.0 Å². The van der Waals surface area contributed by atoms with Gasteiger partial charge in [-0.05, 0) is 18.2 Å². The van der Waals surface area contributed by atoms with Gasteiger partial charge in [0, 0.05) is 76.5 Å². The maximum absolute atomic E-state index is 13.8. The minimum atomic E-state index is -4.95. The number of aliphatic hydroxyl groups excluding tert-OH is 1. The molecule has 3 saturated heterocycles. The molecule has 13 nitrogen and oxygen atoms in total. The molecule has 2 aromatic heterocycles. The van der Waals surface area contributed by atoms with Gasteiger partial charge in [-0.25, -0.2) is 18.6 Å². The molecular formula is C30H31ClF5N9O4. The van der Waals surface area contributed by atoms with Gasteiger partial charge >= 0.3 is 12.2 Å². The van der Waals surface area contributed by atoms with E-state index in [-0.39, 0.29) is 57.6 Å². The average Bonchev–Trinajstić information content (AvgIpc) is 3.67. The number of alkyl halides is 5. The molecule has 1 aromatic carbocycles. The number of imidazole rings is 1. The highest BCUT2D eigenvalue weighted by Crippen LogP contribution is 2.53. The van der Waals surface area contributed by atoms with Crippen LogP contribution in [0, 0.1) is 11.8 Å². The number of nitrogens with one attached hydrogen (secondary N) is 3. The second-order valence-electron chi connectivity index (χ2n) is 12.9. The molecule has 3 aromatic rings. The minimum Gasteiger partial charge on any atom is -0.390 e. The van der Waals surface area contributed by atoms with Crippen LogP contribution in [0.15, 0.2) is 30.6 Å². The summed E-state index contributed by atoms with van der Waals surface area (Å²) in [6.07, 6.45) is -4.31. The fraction of sp³-hybridized carbons (Fsp3) is 0.500. The van der Waals surface area contributed by atoms with Crippen molar-refractivity contribution >= 4 is 35.1 Å². The lowest BCUT2D eigenvalue weighted by Gasteiger charge is -2.24. The number of urea groups is 1.